The van der Waals surface area contributed by atoms with Crippen LogP contribution < -0.4 is 11.1 Å². The average molecular weight is 208 g/mol. The largest absolute Gasteiger partial charge is 0.396 e. The van der Waals surface area contributed by atoms with E-state index in [1.54, 1.807) is 6.20 Å². The van der Waals surface area contributed by atoms with Gasteiger partial charge in [0.25, 0.3) is 0 Å². The monoisotopic (exact) mass is 208 g/mol. The highest BCUT2D eigenvalue weighted by Crippen LogP contribution is 2.13. The van der Waals surface area contributed by atoms with E-state index in [-0.39, 0.29) is 0 Å². The molecule has 1 aliphatic heterocycles. The summed E-state index contributed by atoms with van der Waals surface area (Å²) < 4.78 is 5.28. The Morgan fingerprint density at radius 1 is 1.47 bits per heavy atom. The van der Waals surface area contributed by atoms with Crippen molar-refractivity contribution in [1.82, 2.24) is 9.97 Å². The molecule has 1 aliphatic rings. The van der Waals surface area contributed by atoms with Gasteiger partial charge in [-0.1, -0.05) is 0 Å². The van der Waals surface area contributed by atoms with Crippen molar-refractivity contribution in [3.8, 4) is 0 Å². The van der Waals surface area contributed by atoms with E-state index in [9.17, 15) is 0 Å². The fraction of sp³-hybridized carbons (Fsp3) is 0.600. The third kappa shape index (κ3) is 2.56. The van der Waals surface area contributed by atoms with Crippen molar-refractivity contribution in [3.05, 3.63) is 11.9 Å². The molecule has 0 aromatic carbocycles. The van der Waals surface area contributed by atoms with Crippen molar-refractivity contribution in [2.24, 2.45) is 0 Å². The smallest absolute Gasteiger partial charge is 0.223 e. The summed E-state index contributed by atoms with van der Waals surface area (Å²) >= 11 is 0. The molecule has 1 aromatic heterocycles. The quantitative estimate of drug-likeness (QED) is 0.757. The van der Waals surface area contributed by atoms with Gasteiger partial charge in [-0.05, 0) is 19.8 Å². The van der Waals surface area contributed by atoms with E-state index in [0.29, 0.717) is 17.7 Å². The van der Waals surface area contributed by atoms with Gasteiger partial charge in [0.15, 0.2) is 0 Å². The molecule has 2 rings (SSSR count). The first kappa shape index (κ1) is 10.2. The lowest BCUT2D eigenvalue weighted by atomic mass is 10.1. The zero-order chi connectivity index (χ0) is 10.7. The number of hydrogen-bond acceptors (Lipinski definition) is 5. The maximum absolute atomic E-state index is 5.65. The molecule has 5 nitrogen and oxygen atoms in total. The second-order valence-electron chi connectivity index (χ2n) is 3.77. The Bertz CT molecular complexity index is 336. The third-order valence-electron chi connectivity index (χ3n) is 2.57. The van der Waals surface area contributed by atoms with Crippen molar-refractivity contribution in [3.63, 3.8) is 0 Å². The lowest BCUT2D eigenvalue weighted by molar-refractivity contribution is 0.0903. The Morgan fingerprint density at radius 3 is 2.87 bits per heavy atom. The van der Waals surface area contributed by atoms with Gasteiger partial charge >= 0.3 is 0 Å². The molecule has 0 saturated carbocycles. The Balaban J connectivity index is 2.00. The van der Waals surface area contributed by atoms with Crippen LogP contribution in [0, 0.1) is 6.92 Å². The Hall–Kier alpha value is -1.36. The fourth-order valence-electron chi connectivity index (χ4n) is 1.57. The van der Waals surface area contributed by atoms with Gasteiger partial charge in [0.2, 0.25) is 5.95 Å². The predicted octanol–water partition coefficient (Wildman–Crippen LogP) is 0.958. The highest BCUT2D eigenvalue weighted by atomic mass is 16.5. The molecule has 1 fully saturated rings. The second-order valence-corrected chi connectivity index (χ2v) is 3.77. The number of aromatic nitrogens is 2. The van der Waals surface area contributed by atoms with Crippen LogP contribution in [0.25, 0.3) is 0 Å². The first-order valence-electron chi connectivity index (χ1n) is 5.19. The van der Waals surface area contributed by atoms with E-state index in [1.807, 2.05) is 6.92 Å². The maximum Gasteiger partial charge on any atom is 0.223 e. The number of nitrogen functional groups attached to an aromatic ring is 1. The molecule has 15 heavy (non-hydrogen) atoms. The molecule has 0 bridgehead atoms. The van der Waals surface area contributed by atoms with E-state index in [2.05, 4.69) is 15.3 Å². The normalized spacial score (nSPS) is 17.7. The molecule has 2 heterocycles. The van der Waals surface area contributed by atoms with Gasteiger partial charge in [0.05, 0.1) is 17.6 Å². The van der Waals surface area contributed by atoms with Gasteiger partial charge in [-0.15, -0.1) is 0 Å². The highest BCUT2D eigenvalue weighted by Gasteiger charge is 2.14. The lowest BCUT2D eigenvalue weighted by Crippen LogP contribution is -2.28. The number of nitrogens with zero attached hydrogens (tertiary/aromatic N) is 2. The summed E-state index contributed by atoms with van der Waals surface area (Å²) in [7, 11) is 0. The first-order chi connectivity index (χ1) is 7.25. The number of aryl methyl sites for hydroxylation is 1. The Morgan fingerprint density at radius 2 is 2.20 bits per heavy atom. The topological polar surface area (TPSA) is 73.1 Å². The van der Waals surface area contributed by atoms with E-state index in [0.717, 1.165) is 31.7 Å². The molecule has 0 radical (unpaired) electrons. The number of rotatable bonds is 2. The third-order valence-corrected chi connectivity index (χ3v) is 2.57. The summed E-state index contributed by atoms with van der Waals surface area (Å²) in [4.78, 5) is 8.42. The SMILES string of the molecule is Cc1nc(NC2CCOCC2)ncc1N. The second kappa shape index (κ2) is 4.44. The standard InChI is InChI=1S/C10H16N4O/c1-7-9(11)6-12-10(13-7)14-8-2-4-15-5-3-8/h6,8H,2-5,11H2,1H3,(H,12,13,14). The van der Waals surface area contributed by atoms with Crippen LogP contribution in [0.2, 0.25) is 0 Å². The lowest BCUT2D eigenvalue weighted by Gasteiger charge is -2.23. The van der Waals surface area contributed by atoms with Crippen LogP contribution in [0.4, 0.5) is 11.6 Å². The van der Waals surface area contributed by atoms with Crippen molar-refractivity contribution in [1.29, 1.82) is 0 Å². The number of nitrogens with one attached hydrogen (secondary N) is 1. The number of nitrogens with two attached hydrogens (primary N) is 1. The maximum atomic E-state index is 5.65. The summed E-state index contributed by atoms with van der Waals surface area (Å²) in [5.41, 5.74) is 7.10. The number of ether oxygens (including phenoxy) is 1. The van der Waals surface area contributed by atoms with Crippen LogP contribution in [0.1, 0.15) is 18.5 Å². The van der Waals surface area contributed by atoms with E-state index < -0.39 is 0 Å². The van der Waals surface area contributed by atoms with Gasteiger partial charge in [-0.2, -0.15) is 0 Å². The number of anilines is 2. The zero-order valence-electron chi connectivity index (χ0n) is 8.86. The van der Waals surface area contributed by atoms with Crippen molar-refractivity contribution < 1.29 is 4.74 Å². The molecule has 0 unspecified atom stereocenters. The molecule has 0 amide bonds. The number of hydrogen-bond donors (Lipinski definition) is 2. The molecule has 0 aliphatic carbocycles. The fourth-order valence-corrected chi connectivity index (χ4v) is 1.57. The van der Waals surface area contributed by atoms with Gasteiger partial charge in [-0.25, -0.2) is 9.97 Å². The molecule has 3 N–H and O–H groups in total. The van der Waals surface area contributed by atoms with Crippen LogP contribution >= 0.6 is 0 Å². The molecule has 0 atom stereocenters. The van der Waals surface area contributed by atoms with Gasteiger partial charge in [-0.3, -0.25) is 0 Å². The van der Waals surface area contributed by atoms with Crippen molar-refractivity contribution in [2.45, 2.75) is 25.8 Å². The summed E-state index contributed by atoms with van der Waals surface area (Å²) in [6.45, 7) is 3.50. The van der Waals surface area contributed by atoms with Crippen LogP contribution in [-0.2, 0) is 4.74 Å². The molecule has 0 spiro atoms. The minimum absolute atomic E-state index is 0.418. The highest BCUT2D eigenvalue weighted by molar-refractivity contribution is 5.43. The molecule has 5 heteroatoms. The van der Waals surface area contributed by atoms with Gasteiger partial charge < -0.3 is 15.8 Å². The summed E-state index contributed by atoms with van der Waals surface area (Å²) in [6, 6.07) is 0.418. The van der Waals surface area contributed by atoms with E-state index in [4.69, 9.17) is 10.5 Å². The molecular formula is C10H16N4O. The van der Waals surface area contributed by atoms with E-state index in [1.165, 1.54) is 0 Å². The summed E-state index contributed by atoms with van der Waals surface area (Å²) in [6.07, 6.45) is 3.66. The molecular weight excluding hydrogens is 192 g/mol. The first-order valence-corrected chi connectivity index (χ1v) is 5.19. The van der Waals surface area contributed by atoms with Crippen molar-refractivity contribution in [2.75, 3.05) is 24.3 Å². The van der Waals surface area contributed by atoms with Gasteiger partial charge in [0, 0.05) is 19.3 Å². The molecule has 1 aromatic rings. The minimum atomic E-state index is 0.418. The van der Waals surface area contributed by atoms with Crippen LogP contribution in [0.15, 0.2) is 6.20 Å². The van der Waals surface area contributed by atoms with Crippen LogP contribution in [-0.4, -0.2) is 29.2 Å². The molecule has 1 saturated heterocycles. The van der Waals surface area contributed by atoms with Crippen molar-refractivity contribution >= 4 is 11.6 Å². The Kier molecular flexibility index (Phi) is 3.01. The Labute approximate surface area is 89.1 Å². The summed E-state index contributed by atoms with van der Waals surface area (Å²) in [5.74, 6) is 0.661. The minimum Gasteiger partial charge on any atom is -0.396 e. The van der Waals surface area contributed by atoms with Crippen LogP contribution in [0.5, 0.6) is 0 Å². The predicted molar refractivity (Wildman–Crippen MR) is 58.6 cm³/mol. The van der Waals surface area contributed by atoms with Gasteiger partial charge in [0.1, 0.15) is 0 Å². The molecule has 82 valence electrons. The summed E-state index contributed by atoms with van der Waals surface area (Å²) in [5, 5.41) is 3.29. The zero-order valence-corrected chi connectivity index (χ0v) is 8.86. The average Bonchev–Trinajstić information content (AvgIpc) is 2.25. The van der Waals surface area contributed by atoms with E-state index >= 15 is 0 Å². The van der Waals surface area contributed by atoms with Crippen LogP contribution in [0.3, 0.4) is 0 Å².